The van der Waals surface area contributed by atoms with Crippen LogP contribution in [0.15, 0.2) is 97.2 Å². The van der Waals surface area contributed by atoms with E-state index in [9.17, 15) is 4.79 Å². The molecule has 2 heterocycles. The lowest BCUT2D eigenvalue weighted by Crippen LogP contribution is -2.23. The van der Waals surface area contributed by atoms with Gasteiger partial charge in [-0.05, 0) is 59.9 Å². The van der Waals surface area contributed by atoms with Crippen LogP contribution in [0.4, 0.5) is 0 Å². The second kappa shape index (κ2) is 10.2. The molecule has 0 bridgehead atoms. The minimum absolute atomic E-state index is 0.0208. The maximum atomic E-state index is 12.7. The number of aromatic nitrogens is 2. The second-order valence-electron chi connectivity index (χ2n) is 8.64. The Hall–Kier alpha value is -3.89. The van der Waals surface area contributed by atoms with Crippen molar-refractivity contribution in [2.45, 2.75) is 26.3 Å². The third kappa shape index (κ3) is 5.13. The van der Waals surface area contributed by atoms with Crippen molar-refractivity contribution in [2.24, 2.45) is 0 Å². The summed E-state index contributed by atoms with van der Waals surface area (Å²) in [4.78, 5) is 17.6. The number of nitrogens with one attached hydrogen (secondary N) is 1. The minimum atomic E-state index is 0.0208. The summed E-state index contributed by atoms with van der Waals surface area (Å²) < 4.78 is 2.12. The molecule has 0 saturated heterocycles. The highest BCUT2D eigenvalue weighted by atomic mass is 35.5. The first kappa shape index (κ1) is 22.9. The lowest BCUT2D eigenvalue weighted by Gasteiger charge is -2.10. The molecule has 4 nitrogen and oxygen atoms in total. The third-order valence-electron chi connectivity index (χ3n) is 6.19. The number of hydrogen-bond acceptors (Lipinski definition) is 2. The van der Waals surface area contributed by atoms with E-state index in [4.69, 9.17) is 16.6 Å². The Morgan fingerprint density at radius 3 is 2.40 bits per heavy atom. The Balaban J connectivity index is 1.47. The summed E-state index contributed by atoms with van der Waals surface area (Å²) in [5, 5.41) is 3.76. The van der Waals surface area contributed by atoms with Gasteiger partial charge in [-0.15, -0.1) is 0 Å². The summed E-state index contributed by atoms with van der Waals surface area (Å²) in [5.41, 5.74) is 8.24. The summed E-state index contributed by atoms with van der Waals surface area (Å²) in [6, 6.07) is 30.2. The van der Waals surface area contributed by atoms with Gasteiger partial charge in [0, 0.05) is 29.7 Å². The molecule has 0 aliphatic heterocycles. The van der Waals surface area contributed by atoms with Crippen molar-refractivity contribution >= 4 is 23.2 Å². The molecule has 5 aromatic rings. The molecule has 174 valence electrons. The first-order chi connectivity index (χ1) is 17.1. The molecule has 1 N–H and O–H groups in total. The number of aryl methyl sites for hydroxylation is 2. The summed E-state index contributed by atoms with van der Waals surface area (Å²) in [6.07, 6.45) is 3.07. The predicted molar refractivity (Wildman–Crippen MR) is 142 cm³/mol. The number of pyridine rings is 1. The van der Waals surface area contributed by atoms with Crippen LogP contribution < -0.4 is 5.32 Å². The van der Waals surface area contributed by atoms with Crippen molar-refractivity contribution in [2.75, 3.05) is 0 Å². The van der Waals surface area contributed by atoms with Crippen LogP contribution in [-0.2, 0) is 17.8 Å². The SMILES string of the molecule is Cc1cc(Cl)ccc1-c1ccc2nc(-c3ccccc3)c(CCC(=O)NCc3ccccc3)n2c1. The minimum Gasteiger partial charge on any atom is -0.352 e. The zero-order chi connectivity index (χ0) is 24.2. The number of benzene rings is 3. The van der Waals surface area contributed by atoms with Crippen molar-refractivity contribution < 1.29 is 4.79 Å². The third-order valence-corrected chi connectivity index (χ3v) is 6.42. The fourth-order valence-corrected chi connectivity index (χ4v) is 4.61. The van der Waals surface area contributed by atoms with Gasteiger partial charge < -0.3 is 9.72 Å². The van der Waals surface area contributed by atoms with E-state index in [1.165, 1.54) is 0 Å². The number of halogens is 1. The lowest BCUT2D eigenvalue weighted by molar-refractivity contribution is -0.121. The molecule has 35 heavy (non-hydrogen) atoms. The summed E-state index contributed by atoms with van der Waals surface area (Å²) >= 11 is 6.18. The Morgan fingerprint density at radius 1 is 0.914 bits per heavy atom. The number of amides is 1. The van der Waals surface area contributed by atoms with Crippen LogP contribution >= 0.6 is 11.6 Å². The highest BCUT2D eigenvalue weighted by molar-refractivity contribution is 6.30. The average Bonchev–Trinajstić information content (AvgIpc) is 3.25. The van der Waals surface area contributed by atoms with Crippen molar-refractivity contribution in [1.29, 1.82) is 0 Å². The van der Waals surface area contributed by atoms with Crippen molar-refractivity contribution in [1.82, 2.24) is 14.7 Å². The lowest BCUT2D eigenvalue weighted by atomic mass is 10.0. The first-order valence-electron chi connectivity index (χ1n) is 11.7. The molecule has 0 spiro atoms. The monoisotopic (exact) mass is 479 g/mol. The largest absolute Gasteiger partial charge is 0.352 e. The molecule has 0 radical (unpaired) electrons. The van der Waals surface area contributed by atoms with Crippen LogP contribution in [0, 0.1) is 6.92 Å². The molecule has 5 heteroatoms. The van der Waals surface area contributed by atoms with Crippen LogP contribution in [0.25, 0.3) is 28.0 Å². The molecule has 5 rings (SSSR count). The standard InChI is InChI=1S/C30H26ClN3O/c1-21-18-25(31)13-14-26(21)24-12-16-28-33-30(23-10-6-3-7-11-23)27(34(28)20-24)15-17-29(35)32-19-22-8-4-2-5-9-22/h2-14,16,18,20H,15,17,19H2,1H3,(H,32,35). The molecule has 0 saturated carbocycles. The molecule has 3 aromatic carbocycles. The molecule has 0 aliphatic carbocycles. The molecule has 0 fully saturated rings. The van der Waals surface area contributed by atoms with Gasteiger partial charge in [-0.3, -0.25) is 4.79 Å². The topological polar surface area (TPSA) is 46.4 Å². The summed E-state index contributed by atoms with van der Waals surface area (Å²) in [7, 11) is 0. The first-order valence-corrected chi connectivity index (χ1v) is 12.1. The van der Waals surface area contributed by atoms with Crippen LogP contribution in [-0.4, -0.2) is 15.3 Å². The predicted octanol–water partition coefficient (Wildman–Crippen LogP) is 6.88. The molecule has 0 unspecified atom stereocenters. The number of nitrogens with zero attached hydrogens (tertiary/aromatic N) is 2. The van der Waals surface area contributed by atoms with Crippen LogP contribution in [0.1, 0.15) is 23.2 Å². The van der Waals surface area contributed by atoms with Crippen LogP contribution in [0.2, 0.25) is 5.02 Å². The number of carbonyl (C=O) groups is 1. The van der Waals surface area contributed by atoms with Crippen molar-refractivity contribution in [3.05, 3.63) is 119 Å². The Kier molecular flexibility index (Phi) is 6.64. The zero-order valence-electron chi connectivity index (χ0n) is 19.5. The van der Waals surface area contributed by atoms with Gasteiger partial charge in [0.05, 0.1) is 11.4 Å². The molecule has 2 aromatic heterocycles. The quantitative estimate of drug-likeness (QED) is 0.276. The molecular formula is C30H26ClN3O. The number of rotatable bonds is 7. The van der Waals surface area contributed by atoms with Gasteiger partial charge in [-0.1, -0.05) is 78.3 Å². The number of fused-ring (bicyclic) bond motifs is 1. The van der Waals surface area contributed by atoms with E-state index < -0.39 is 0 Å². The highest BCUT2D eigenvalue weighted by Gasteiger charge is 2.16. The highest BCUT2D eigenvalue weighted by Crippen LogP contribution is 2.30. The number of hydrogen-bond donors (Lipinski definition) is 1. The van der Waals surface area contributed by atoms with E-state index in [-0.39, 0.29) is 5.91 Å². The average molecular weight is 480 g/mol. The summed E-state index contributed by atoms with van der Waals surface area (Å²) in [5.74, 6) is 0.0208. The van der Waals surface area contributed by atoms with Gasteiger partial charge in [0.15, 0.2) is 0 Å². The Labute approximate surface area is 210 Å². The van der Waals surface area contributed by atoms with Crippen molar-refractivity contribution in [3.8, 4) is 22.4 Å². The molecule has 0 aliphatic rings. The molecule has 0 atom stereocenters. The van der Waals surface area contributed by atoms with Crippen LogP contribution in [0.5, 0.6) is 0 Å². The van der Waals surface area contributed by atoms with Gasteiger partial charge in [0.2, 0.25) is 5.91 Å². The smallest absolute Gasteiger partial charge is 0.220 e. The maximum absolute atomic E-state index is 12.7. The van der Waals surface area contributed by atoms with Gasteiger partial charge >= 0.3 is 0 Å². The normalized spacial score (nSPS) is 11.0. The van der Waals surface area contributed by atoms with Gasteiger partial charge in [0.1, 0.15) is 5.65 Å². The van der Waals surface area contributed by atoms with E-state index in [2.05, 4.69) is 41.0 Å². The Morgan fingerprint density at radius 2 is 1.66 bits per heavy atom. The number of imidazole rings is 1. The van der Waals surface area contributed by atoms with Crippen LogP contribution in [0.3, 0.4) is 0 Å². The maximum Gasteiger partial charge on any atom is 0.220 e. The fourth-order valence-electron chi connectivity index (χ4n) is 4.39. The van der Waals surface area contributed by atoms with E-state index in [1.807, 2.05) is 72.8 Å². The zero-order valence-corrected chi connectivity index (χ0v) is 20.3. The van der Waals surface area contributed by atoms with Gasteiger partial charge in [-0.2, -0.15) is 0 Å². The second-order valence-corrected chi connectivity index (χ2v) is 9.08. The molecular weight excluding hydrogens is 454 g/mol. The van der Waals surface area contributed by atoms with Gasteiger partial charge in [0.25, 0.3) is 0 Å². The van der Waals surface area contributed by atoms with Crippen molar-refractivity contribution in [3.63, 3.8) is 0 Å². The Bertz CT molecular complexity index is 1480. The van der Waals surface area contributed by atoms with E-state index in [0.717, 1.165) is 49.9 Å². The van der Waals surface area contributed by atoms with E-state index >= 15 is 0 Å². The van der Waals surface area contributed by atoms with Gasteiger partial charge in [-0.25, -0.2) is 4.98 Å². The molecule has 1 amide bonds. The van der Waals surface area contributed by atoms with E-state index in [0.29, 0.717) is 19.4 Å². The number of carbonyl (C=O) groups excluding carboxylic acids is 1. The van der Waals surface area contributed by atoms with E-state index in [1.54, 1.807) is 0 Å². The summed E-state index contributed by atoms with van der Waals surface area (Å²) in [6.45, 7) is 2.59. The fraction of sp³-hybridized carbons (Fsp3) is 0.133.